The molecule has 96 valence electrons. The summed E-state index contributed by atoms with van der Waals surface area (Å²) in [6.07, 6.45) is 0.876. The zero-order chi connectivity index (χ0) is 13.1. The van der Waals surface area contributed by atoms with Crippen molar-refractivity contribution in [1.29, 1.82) is 0 Å². The number of hydrogen-bond acceptors (Lipinski definition) is 3. The van der Waals surface area contributed by atoms with E-state index in [1.54, 1.807) is 17.4 Å². The molecule has 0 aliphatic heterocycles. The number of hydrogen-bond donors (Lipinski definition) is 1. The van der Waals surface area contributed by atoms with Crippen LogP contribution in [0.2, 0.25) is 0 Å². The highest BCUT2D eigenvalue weighted by Gasteiger charge is 2.13. The Bertz CT molecular complexity index is 549. The molecule has 0 bridgehead atoms. The predicted molar refractivity (Wildman–Crippen MR) is 74.4 cm³/mol. The molecule has 1 aromatic carbocycles. The Morgan fingerprint density at radius 1 is 1.39 bits per heavy atom. The maximum atomic E-state index is 13.9. The molecule has 0 radical (unpaired) electrons. The lowest BCUT2D eigenvalue weighted by Crippen LogP contribution is -2.05. The SMILES string of the molecule is CCc1nc(-c2ccc(C)cc2F)sc1CNC. The van der Waals surface area contributed by atoms with Gasteiger partial charge in [-0.05, 0) is 38.1 Å². The molecule has 0 saturated carbocycles. The van der Waals surface area contributed by atoms with Crippen LogP contribution in [0.25, 0.3) is 10.6 Å². The molecule has 1 heterocycles. The lowest BCUT2D eigenvalue weighted by atomic mass is 10.1. The molecule has 18 heavy (non-hydrogen) atoms. The third kappa shape index (κ3) is 2.60. The number of aryl methyl sites for hydroxylation is 2. The summed E-state index contributed by atoms with van der Waals surface area (Å²) in [4.78, 5) is 5.74. The zero-order valence-electron chi connectivity index (χ0n) is 10.9. The van der Waals surface area contributed by atoms with Gasteiger partial charge < -0.3 is 5.32 Å². The molecule has 0 fully saturated rings. The second kappa shape index (κ2) is 5.59. The van der Waals surface area contributed by atoms with Gasteiger partial charge in [-0.25, -0.2) is 9.37 Å². The normalized spacial score (nSPS) is 10.9. The number of halogens is 1. The fourth-order valence-corrected chi connectivity index (χ4v) is 3.06. The summed E-state index contributed by atoms with van der Waals surface area (Å²) in [6.45, 7) is 4.75. The van der Waals surface area contributed by atoms with E-state index < -0.39 is 0 Å². The van der Waals surface area contributed by atoms with Crippen LogP contribution >= 0.6 is 11.3 Å². The fraction of sp³-hybridized carbons (Fsp3) is 0.357. The summed E-state index contributed by atoms with van der Waals surface area (Å²) in [5, 5.41) is 3.90. The van der Waals surface area contributed by atoms with Gasteiger partial charge in [0.15, 0.2) is 0 Å². The highest BCUT2D eigenvalue weighted by molar-refractivity contribution is 7.15. The summed E-state index contributed by atoms with van der Waals surface area (Å²) in [6, 6.07) is 5.29. The van der Waals surface area contributed by atoms with E-state index in [0.29, 0.717) is 5.56 Å². The second-order valence-electron chi connectivity index (χ2n) is 4.26. The second-order valence-corrected chi connectivity index (χ2v) is 5.34. The van der Waals surface area contributed by atoms with Crippen molar-refractivity contribution in [3.05, 3.63) is 40.2 Å². The summed E-state index contributed by atoms with van der Waals surface area (Å²) in [5.41, 5.74) is 2.59. The van der Waals surface area contributed by atoms with Gasteiger partial charge in [-0.3, -0.25) is 0 Å². The molecule has 2 rings (SSSR count). The van der Waals surface area contributed by atoms with E-state index in [1.807, 2.05) is 26.1 Å². The molecular formula is C14H17FN2S. The Morgan fingerprint density at radius 3 is 2.78 bits per heavy atom. The van der Waals surface area contributed by atoms with Crippen LogP contribution in [0.3, 0.4) is 0 Å². The van der Waals surface area contributed by atoms with E-state index in [0.717, 1.165) is 29.2 Å². The summed E-state index contributed by atoms with van der Waals surface area (Å²) in [7, 11) is 1.91. The minimum absolute atomic E-state index is 0.192. The van der Waals surface area contributed by atoms with Crippen LogP contribution in [0.5, 0.6) is 0 Å². The molecule has 0 atom stereocenters. The van der Waals surface area contributed by atoms with Crippen molar-refractivity contribution in [2.75, 3.05) is 7.05 Å². The topological polar surface area (TPSA) is 24.9 Å². The zero-order valence-corrected chi connectivity index (χ0v) is 11.7. The third-order valence-corrected chi connectivity index (χ3v) is 3.94. The van der Waals surface area contributed by atoms with Crippen LogP contribution < -0.4 is 5.32 Å². The van der Waals surface area contributed by atoms with E-state index in [2.05, 4.69) is 17.2 Å². The average molecular weight is 264 g/mol. The predicted octanol–water partition coefficient (Wildman–Crippen LogP) is 3.54. The van der Waals surface area contributed by atoms with Gasteiger partial charge in [-0.15, -0.1) is 11.3 Å². The number of aromatic nitrogens is 1. The van der Waals surface area contributed by atoms with E-state index in [1.165, 1.54) is 4.88 Å². The summed E-state index contributed by atoms with van der Waals surface area (Å²) >= 11 is 1.57. The molecule has 1 aromatic heterocycles. The number of nitrogens with zero attached hydrogens (tertiary/aromatic N) is 1. The van der Waals surface area contributed by atoms with Crippen molar-refractivity contribution in [3.8, 4) is 10.6 Å². The highest BCUT2D eigenvalue weighted by Crippen LogP contribution is 2.30. The summed E-state index contributed by atoms with van der Waals surface area (Å²) in [5.74, 6) is -0.192. The van der Waals surface area contributed by atoms with Crippen molar-refractivity contribution in [2.24, 2.45) is 0 Å². The van der Waals surface area contributed by atoms with Crippen molar-refractivity contribution >= 4 is 11.3 Å². The van der Waals surface area contributed by atoms with Crippen LogP contribution in [-0.4, -0.2) is 12.0 Å². The highest BCUT2D eigenvalue weighted by atomic mass is 32.1. The monoisotopic (exact) mass is 264 g/mol. The molecule has 0 amide bonds. The lowest BCUT2D eigenvalue weighted by Gasteiger charge is -1.99. The van der Waals surface area contributed by atoms with Crippen molar-refractivity contribution in [3.63, 3.8) is 0 Å². The molecule has 0 unspecified atom stereocenters. The first-order valence-electron chi connectivity index (χ1n) is 6.05. The third-order valence-electron chi connectivity index (χ3n) is 2.81. The van der Waals surface area contributed by atoms with E-state index in [-0.39, 0.29) is 5.82 Å². The molecule has 1 N–H and O–H groups in total. The van der Waals surface area contributed by atoms with Crippen molar-refractivity contribution in [2.45, 2.75) is 26.8 Å². The van der Waals surface area contributed by atoms with Crippen LogP contribution in [0.4, 0.5) is 4.39 Å². The number of thiazole rings is 1. The maximum Gasteiger partial charge on any atom is 0.133 e. The maximum absolute atomic E-state index is 13.9. The minimum Gasteiger partial charge on any atom is -0.315 e. The Hall–Kier alpha value is -1.26. The van der Waals surface area contributed by atoms with Gasteiger partial charge in [0.1, 0.15) is 10.8 Å². The Balaban J connectivity index is 2.44. The molecular weight excluding hydrogens is 247 g/mol. The first-order chi connectivity index (χ1) is 8.65. The van der Waals surface area contributed by atoms with E-state index >= 15 is 0 Å². The molecule has 2 nitrogen and oxygen atoms in total. The van der Waals surface area contributed by atoms with Crippen molar-refractivity contribution < 1.29 is 4.39 Å². The average Bonchev–Trinajstić information content (AvgIpc) is 2.72. The molecule has 0 aliphatic rings. The Kier molecular flexibility index (Phi) is 4.09. The van der Waals surface area contributed by atoms with Gasteiger partial charge >= 0.3 is 0 Å². The molecule has 0 spiro atoms. The van der Waals surface area contributed by atoms with Crippen LogP contribution in [0, 0.1) is 12.7 Å². The molecule has 0 saturated heterocycles. The first-order valence-corrected chi connectivity index (χ1v) is 6.87. The summed E-state index contributed by atoms with van der Waals surface area (Å²) < 4.78 is 13.9. The first kappa shape index (κ1) is 13.2. The fourth-order valence-electron chi connectivity index (χ4n) is 1.87. The van der Waals surface area contributed by atoms with Crippen molar-refractivity contribution in [1.82, 2.24) is 10.3 Å². The number of nitrogens with one attached hydrogen (secondary N) is 1. The Morgan fingerprint density at radius 2 is 2.17 bits per heavy atom. The largest absolute Gasteiger partial charge is 0.315 e. The van der Waals surface area contributed by atoms with Crippen LogP contribution in [0.1, 0.15) is 23.1 Å². The smallest absolute Gasteiger partial charge is 0.133 e. The Labute approximate surface area is 111 Å². The van der Waals surface area contributed by atoms with Crippen LogP contribution in [0.15, 0.2) is 18.2 Å². The van der Waals surface area contributed by atoms with E-state index in [4.69, 9.17) is 0 Å². The van der Waals surface area contributed by atoms with Gasteiger partial charge in [0.25, 0.3) is 0 Å². The van der Waals surface area contributed by atoms with Gasteiger partial charge in [-0.1, -0.05) is 13.0 Å². The number of benzene rings is 1. The number of rotatable bonds is 4. The minimum atomic E-state index is -0.192. The van der Waals surface area contributed by atoms with Gasteiger partial charge in [-0.2, -0.15) is 0 Å². The standard InChI is InChI=1S/C14H17FN2S/c1-4-12-13(8-16-3)18-14(17-12)10-6-5-9(2)7-11(10)15/h5-7,16H,4,8H2,1-3H3. The van der Waals surface area contributed by atoms with Gasteiger partial charge in [0.05, 0.1) is 5.69 Å². The van der Waals surface area contributed by atoms with Gasteiger partial charge in [0, 0.05) is 17.0 Å². The van der Waals surface area contributed by atoms with E-state index in [9.17, 15) is 4.39 Å². The van der Waals surface area contributed by atoms with Gasteiger partial charge in [0.2, 0.25) is 0 Å². The van der Waals surface area contributed by atoms with Crippen LogP contribution in [-0.2, 0) is 13.0 Å². The lowest BCUT2D eigenvalue weighted by molar-refractivity contribution is 0.630. The quantitative estimate of drug-likeness (QED) is 0.913. The molecule has 0 aliphatic carbocycles. The molecule has 2 aromatic rings. The molecule has 4 heteroatoms.